The summed E-state index contributed by atoms with van der Waals surface area (Å²) in [6.45, 7) is 4.06. The molecule has 1 saturated heterocycles. The van der Waals surface area contributed by atoms with E-state index >= 15 is 0 Å². The van der Waals surface area contributed by atoms with Crippen LogP contribution in [0.4, 0.5) is 0 Å². The van der Waals surface area contributed by atoms with Crippen LogP contribution < -0.4 is 5.32 Å². The molecule has 138 valence electrons. The van der Waals surface area contributed by atoms with Crippen LogP contribution >= 0.6 is 0 Å². The molecule has 5 nitrogen and oxygen atoms in total. The Bertz CT molecular complexity index is 722. The Morgan fingerprint density at radius 1 is 1.15 bits per heavy atom. The lowest BCUT2D eigenvalue weighted by Crippen LogP contribution is -2.45. The smallest absolute Gasteiger partial charge is 0.253 e. The first-order valence-corrected chi connectivity index (χ1v) is 9.49. The zero-order chi connectivity index (χ0) is 18.4. The van der Waals surface area contributed by atoms with E-state index in [1.807, 2.05) is 58.3 Å². The largest absolute Gasteiger partial charge is 0.356 e. The molecule has 0 saturated carbocycles. The zero-order valence-corrected chi connectivity index (χ0v) is 15.4. The van der Waals surface area contributed by atoms with Crippen molar-refractivity contribution >= 4 is 11.8 Å². The maximum Gasteiger partial charge on any atom is 0.253 e. The highest BCUT2D eigenvalue weighted by atomic mass is 16.2. The molecule has 1 unspecified atom stereocenters. The van der Waals surface area contributed by atoms with Gasteiger partial charge in [0.25, 0.3) is 5.91 Å². The first kappa shape index (κ1) is 18.2. The number of carbonyl (C=O) groups excluding carboxylic acids is 2. The normalized spacial score (nSPS) is 17.1. The lowest BCUT2D eigenvalue weighted by atomic mass is 9.96. The fourth-order valence-corrected chi connectivity index (χ4v) is 3.37. The van der Waals surface area contributed by atoms with Crippen LogP contribution in [0.2, 0.25) is 0 Å². The molecule has 1 N–H and O–H groups in total. The number of piperidine rings is 1. The molecule has 1 atom stereocenters. The number of carbonyl (C=O) groups is 2. The molecule has 3 rings (SSSR count). The maximum absolute atomic E-state index is 12.8. The summed E-state index contributed by atoms with van der Waals surface area (Å²) < 4.78 is 2.01. The molecule has 2 aromatic rings. The fraction of sp³-hybridized carbons (Fsp3) is 0.429. The number of unbranched alkanes of at least 4 members (excludes halogenated alkanes) is 1. The van der Waals surface area contributed by atoms with Crippen LogP contribution in [0.3, 0.4) is 0 Å². The van der Waals surface area contributed by atoms with Crippen molar-refractivity contribution in [3.63, 3.8) is 0 Å². The second-order valence-electron chi connectivity index (χ2n) is 6.87. The Kier molecular flexibility index (Phi) is 6.10. The summed E-state index contributed by atoms with van der Waals surface area (Å²) in [6, 6.07) is 11.6. The number of nitrogens with zero attached hydrogens (tertiary/aromatic N) is 2. The van der Waals surface area contributed by atoms with E-state index in [-0.39, 0.29) is 17.7 Å². The highest BCUT2D eigenvalue weighted by Crippen LogP contribution is 2.20. The molecule has 1 aromatic heterocycles. The van der Waals surface area contributed by atoms with E-state index < -0.39 is 0 Å². The average Bonchev–Trinajstić information content (AvgIpc) is 3.22. The van der Waals surface area contributed by atoms with Crippen LogP contribution in [0.25, 0.3) is 5.69 Å². The summed E-state index contributed by atoms with van der Waals surface area (Å²) in [6.07, 6.45) is 7.74. The second kappa shape index (κ2) is 8.70. The van der Waals surface area contributed by atoms with Gasteiger partial charge in [-0.1, -0.05) is 13.3 Å². The molecule has 26 heavy (non-hydrogen) atoms. The number of hydrogen-bond acceptors (Lipinski definition) is 2. The van der Waals surface area contributed by atoms with Crippen LogP contribution in [0.5, 0.6) is 0 Å². The Labute approximate surface area is 155 Å². The molecule has 0 radical (unpaired) electrons. The number of amides is 2. The molecule has 1 aliphatic rings. The van der Waals surface area contributed by atoms with Crippen molar-refractivity contribution in [1.82, 2.24) is 14.8 Å². The van der Waals surface area contributed by atoms with Gasteiger partial charge in [-0.05, 0) is 55.7 Å². The Balaban J connectivity index is 1.61. The molecule has 0 aliphatic carbocycles. The van der Waals surface area contributed by atoms with Crippen molar-refractivity contribution in [2.75, 3.05) is 19.6 Å². The predicted molar refractivity (Wildman–Crippen MR) is 102 cm³/mol. The lowest BCUT2D eigenvalue weighted by Gasteiger charge is -2.32. The number of rotatable bonds is 6. The van der Waals surface area contributed by atoms with Crippen molar-refractivity contribution in [3.8, 4) is 5.69 Å². The van der Waals surface area contributed by atoms with Crippen LogP contribution in [-0.2, 0) is 4.79 Å². The number of aromatic nitrogens is 1. The number of nitrogens with one attached hydrogen (secondary N) is 1. The van der Waals surface area contributed by atoms with Crippen LogP contribution in [-0.4, -0.2) is 40.9 Å². The van der Waals surface area contributed by atoms with Gasteiger partial charge in [-0.25, -0.2) is 0 Å². The standard InChI is InChI=1S/C21H27N3O2/c1-2-3-12-22-20(25)18-7-6-15-24(16-18)21(26)17-8-10-19(11-9-17)23-13-4-5-14-23/h4-5,8-11,13-14,18H,2-3,6-7,12,15-16H2,1H3,(H,22,25). The van der Waals surface area contributed by atoms with E-state index in [0.29, 0.717) is 12.1 Å². The first-order chi connectivity index (χ1) is 12.7. The lowest BCUT2D eigenvalue weighted by molar-refractivity contribution is -0.126. The fourth-order valence-electron chi connectivity index (χ4n) is 3.37. The molecule has 1 aliphatic heterocycles. The molecule has 1 fully saturated rings. The van der Waals surface area contributed by atoms with Gasteiger partial charge in [0.05, 0.1) is 5.92 Å². The number of benzene rings is 1. The van der Waals surface area contributed by atoms with Gasteiger partial charge in [0, 0.05) is 43.3 Å². The monoisotopic (exact) mass is 353 g/mol. The summed E-state index contributed by atoms with van der Waals surface area (Å²) in [5.41, 5.74) is 1.70. The molecular weight excluding hydrogens is 326 g/mol. The first-order valence-electron chi connectivity index (χ1n) is 9.49. The quantitative estimate of drug-likeness (QED) is 0.811. The molecule has 5 heteroatoms. The minimum absolute atomic E-state index is 0.00937. The van der Waals surface area contributed by atoms with Gasteiger partial charge in [-0.15, -0.1) is 0 Å². The van der Waals surface area contributed by atoms with Crippen LogP contribution in [0.15, 0.2) is 48.8 Å². The predicted octanol–water partition coefficient (Wildman–Crippen LogP) is 3.25. The second-order valence-corrected chi connectivity index (χ2v) is 6.87. The van der Waals surface area contributed by atoms with Crippen molar-refractivity contribution < 1.29 is 9.59 Å². The minimum atomic E-state index is -0.0938. The van der Waals surface area contributed by atoms with Gasteiger partial charge < -0.3 is 14.8 Å². The third kappa shape index (κ3) is 4.34. The third-order valence-electron chi connectivity index (χ3n) is 4.93. The molecule has 2 amide bonds. The average molecular weight is 353 g/mol. The van der Waals surface area contributed by atoms with E-state index in [1.165, 1.54) is 0 Å². The van der Waals surface area contributed by atoms with E-state index in [4.69, 9.17) is 0 Å². The van der Waals surface area contributed by atoms with Crippen molar-refractivity contribution in [2.24, 2.45) is 5.92 Å². The van der Waals surface area contributed by atoms with Crippen LogP contribution in [0, 0.1) is 5.92 Å². The van der Waals surface area contributed by atoms with Gasteiger partial charge in [-0.3, -0.25) is 9.59 Å². The molecule has 1 aromatic carbocycles. The Morgan fingerprint density at radius 2 is 1.88 bits per heavy atom. The summed E-state index contributed by atoms with van der Waals surface area (Å²) in [5.74, 6) is -0.00211. The van der Waals surface area contributed by atoms with Crippen molar-refractivity contribution in [3.05, 3.63) is 54.4 Å². The summed E-state index contributed by atoms with van der Waals surface area (Å²) in [5, 5.41) is 3.00. The van der Waals surface area contributed by atoms with E-state index in [0.717, 1.165) is 44.5 Å². The van der Waals surface area contributed by atoms with Gasteiger partial charge in [0.15, 0.2) is 0 Å². The van der Waals surface area contributed by atoms with Crippen molar-refractivity contribution in [1.29, 1.82) is 0 Å². The highest BCUT2D eigenvalue weighted by Gasteiger charge is 2.28. The molecule has 0 bridgehead atoms. The van der Waals surface area contributed by atoms with Gasteiger partial charge >= 0.3 is 0 Å². The van der Waals surface area contributed by atoms with E-state index in [1.54, 1.807) is 0 Å². The minimum Gasteiger partial charge on any atom is -0.356 e. The molecular formula is C21H27N3O2. The number of likely N-dealkylation sites (tertiary alicyclic amines) is 1. The highest BCUT2D eigenvalue weighted by molar-refractivity contribution is 5.95. The van der Waals surface area contributed by atoms with Gasteiger partial charge in [0.1, 0.15) is 0 Å². The van der Waals surface area contributed by atoms with Crippen molar-refractivity contribution in [2.45, 2.75) is 32.6 Å². The Hall–Kier alpha value is -2.56. The maximum atomic E-state index is 12.8. The topological polar surface area (TPSA) is 54.3 Å². The zero-order valence-electron chi connectivity index (χ0n) is 15.4. The molecule has 0 spiro atoms. The molecule has 2 heterocycles. The SMILES string of the molecule is CCCCNC(=O)C1CCCN(C(=O)c2ccc(-n3cccc3)cc2)C1. The van der Waals surface area contributed by atoms with E-state index in [2.05, 4.69) is 12.2 Å². The summed E-state index contributed by atoms with van der Waals surface area (Å²) in [4.78, 5) is 26.9. The summed E-state index contributed by atoms with van der Waals surface area (Å²) in [7, 11) is 0. The van der Waals surface area contributed by atoms with Gasteiger partial charge in [0.2, 0.25) is 5.91 Å². The summed E-state index contributed by atoms with van der Waals surface area (Å²) >= 11 is 0. The van der Waals surface area contributed by atoms with E-state index in [9.17, 15) is 9.59 Å². The number of hydrogen-bond donors (Lipinski definition) is 1. The third-order valence-corrected chi connectivity index (χ3v) is 4.93. The van der Waals surface area contributed by atoms with Crippen LogP contribution in [0.1, 0.15) is 43.0 Å². The van der Waals surface area contributed by atoms with Gasteiger partial charge in [-0.2, -0.15) is 0 Å². The Morgan fingerprint density at radius 3 is 2.58 bits per heavy atom.